The van der Waals surface area contributed by atoms with Crippen LogP contribution >= 0.6 is 23.2 Å². The van der Waals surface area contributed by atoms with Gasteiger partial charge in [0.05, 0.1) is 31.8 Å². The maximum atomic E-state index is 12.4. The normalized spacial score (nSPS) is 27.6. The Hall–Kier alpha value is -0.130. The van der Waals surface area contributed by atoms with E-state index in [2.05, 4.69) is 4.72 Å². The Morgan fingerprint density at radius 3 is 2.55 bits per heavy atom. The maximum absolute atomic E-state index is 12.4. The molecule has 1 saturated carbocycles. The molecule has 6 heteroatoms. The van der Waals surface area contributed by atoms with Gasteiger partial charge in [0.2, 0.25) is 0 Å². The zero-order valence-electron chi connectivity index (χ0n) is 13.2. The van der Waals surface area contributed by atoms with Crippen molar-refractivity contribution < 1.29 is 9.32 Å². The fraction of sp³-hybridized carbons (Fsp3) is 0.625. The minimum Gasteiger partial charge on any atom is -0.383 e. The number of nitrogens with one attached hydrogen (secondary N) is 1. The summed E-state index contributed by atoms with van der Waals surface area (Å²) >= 11 is 12.1. The topological polar surface area (TPSA) is 49.3 Å². The van der Waals surface area contributed by atoms with E-state index in [1.807, 2.05) is 20.8 Å². The van der Waals surface area contributed by atoms with Crippen LogP contribution in [0.5, 0.6) is 0 Å². The van der Waals surface area contributed by atoms with E-state index in [-0.39, 0.29) is 10.8 Å². The Kier molecular flexibility index (Phi) is 5.61. The average Bonchev–Trinajstić information content (AvgIpc) is 2.43. The largest absolute Gasteiger partial charge is 0.383 e. The molecule has 0 aromatic heterocycles. The van der Waals surface area contributed by atoms with Crippen molar-refractivity contribution >= 4 is 34.2 Å². The van der Waals surface area contributed by atoms with Crippen molar-refractivity contribution in [3.05, 3.63) is 33.8 Å². The number of hydrogen-bond donors (Lipinski definition) is 2. The summed E-state index contributed by atoms with van der Waals surface area (Å²) in [6.07, 6.45) is 3.32. The standard InChI is InChI=1S/C16H23Cl2NO2S/c1-15(2,3)22(21)19-14-6-4-5-9-16(14,20)11-7-8-12(17)13(18)10-11/h7-8,10,14,19-20H,4-6,9H2,1-3H3/t14-,16+,22+/m0/s1. The predicted octanol–water partition coefficient (Wildman–Crippen LogP) is 4.18. The van der Waals surface area contributed by atoms with Crippen molar-refractivity contribution in [2.45, 2.75) is 62.8 Å². The van der Waals surface area contributed by atoms with Crippen LogP contribution in [0.25, 0.3) is 0 Å². The number of halogens is 2. The summed E-state index contributed by atoms with van der Waals surface area (Å²) in [5, 5.41) is 12.1. The monoisotopic (exact) mass is 363 g/mol. The van der Waals surface area contributed by atoms with Gasteiger partial charge in [-0.3, -0.25) is 0 Å². The summed E-state index contributed by atoms with van der Waals surface area (Å²) in [5.74, 6) is 0. The first-order valence-electron chi connectivity index (χ1n) is 7.50. The van der Waals surface area contributed by atoms with Gasteiger partial charge in [0.15, 0.2) is 0 Å². The number of rotatable bonds is 3. The Balaban J connectivity index is 2.31. The van der Waals surface area contributed by atoms with Gasteiger partial charge in [0.25, 0.3) is 0 Å². The van der Waals surface area contributed by atoms with Gasteiger partial charge in [-0.1, -0.05) is 42.1 Å². The maximum Gasteiger partial charge on any atom is 0.106 e. The lowest BCUT2D eigenvalue weighted by Crippen LogP contribution is -2.53. The van der Waals surface area contributed by atoms with Gasteiger partial charge in [-0.2, -0.15) is 0 Å². The van der Waals surface area contributed by atoms with Crippen LogP contribution < -0.4 is 4.72 Å². The van der Waals surface area contributed by atoms with Crippen molar-refractivity contribution in [1.82, 2.24) is 4.72 Å². The summed E-state index contributed by atoms with van der Waals surface area (Å²) in [6, 6.07) is 4.94. The van der Waals surface area contributed by atoms with Crippen molar-refractivity contribution in [2.75, 3.05) is 0 Å². The van der Waals surface area contributed by atoms with Crippen LogP contribution in [-0.4, -0.2) is 20.1 Å². The molecular weight excluding hydrogens is 341 g/mol. The molecule has 0 spiro atoms. The highest BCUT2D eigenvalue weighted by atomic mass is 35.5. The van der Waals surface area contributed by atoms with Crippen LogP contribution in [0.4, 0.5) is 0 Å². The van der Waals surface area contributed by atoms with Crippen LogP contribution in [0.3, 0.4) is 0 Å². The van der Waals surface area contributed by atoms with Crippen molar-refractivity contribution in [1.29, 1.82) is 0 Å². The molecule has 3 nitrogen and oxygen atoms in total. The third-order valence-corrected chi connectivity index (χ3v) is 6.45. The third kappa shape index (κ3) is 3.85. The summed E-state index contributed by atoms with van der Waals surface area (Å²) in [6.45, 7) is 5.74. The molecule has 1 aliphatic rings. The molecule has 1 aromatic carbocycles. The van der Waals surface area contributed by atoms with E-state index >= 15 is 0 Å². The number of aliphatic hydroxyl groups is 1. The molecule has 22 heavy (non-hydrogen) atoms. The molecule has 2 N–H and O–H groups in total. The molecule has 0 unspecified atom stereocenters. The van der Waals surface area contributed by atoms with E-state index in [1.165, 1.54) is 0 Å². The Morgan fingerprint density at radius 2 is 1.95 bits per heavy atom. The molecule has 0 radical (unpaired) electrons. The fourth-order valence-electron chi connectivity index (χ4n) is 2.73. The average molecular weight is 364 g/mol. The molecule has 2 rings (SSSR count). The molecule has 0 bridgehead atoms. The predicted molar refractivity (Wildman–Crippen MR) is 93.6 cm³/mol. The van der Waals surface area contributed by atoms with Gasteiger partial charge in [-0.15, -0.1) is 0 Å². The smallest absolute Gasteiger partial charge is 0.106 e. The number of benzene rings is 1. The summed E-state index contributed by atoms with van der Waals surface area (Å²) in [4.78, 5) is 0. The lowest BCUT2D eigenvalue weighted by molar-refractivity contribution is -0.0246. The lowest BCUT2D eigenvalue weighted by Gasteiger charge is -2.41. The molecule has 0 amide bonds. The van der Waals surface area contributed by atoms with Gasteiger partial charge in [0.1, 0.15) is 5.60 Å². The Morgan fingerprint density at radius 1 is 1.27 bits per heavy atom. The van der Waals surface area contributed by atoms with E-state index in [4.69, 9.17) is 23.2 Å². The summed E-state index contributed by atoms with van der Waals surface area (Å²) in [5.41, 5.74) is -0.349. The Bertz CT molecular complexity index is 574. The molecule has 1 fully saturated rings. The Labute approximate surface area is 145 Å². The van der Waals surface area contributed by atoms with E-state index in [0.717, 1.165) is 24.8 Å². The molecular formula is C16H23Cl2NO2S. The quantitative estimate of drug-likeness (QED) is 0.846. The van der Waals surface area contributed by atoms with Gasteiger partial charge in [0, 0.05) is 0 Å². The van der Waals surface area contributed by atoms with E-state index in [1.54, 1.807) is 18.2 Å². The van der Waals surface area contributed by atoms with E-state index < -0.39 is 16.6 Å². The van der Waals surface area contributed by atoms with Crippen molar-refractivity contribution in [3.63, 3.8) is 0 Å². The van der Waals surface area contributed by atoms with Crippen LogP contribution in [0, 0.1) is 0 Å². The summed E-state index contributed by atoms with van der Waals surface area (Å²) in [7, 11) is -1.23. The zero-order valence-corrected chi connectivity index (χ0v) is 15.5. The second-order valence-electron chi connectivity index (χ2n) is 6.85. The minimum absolute atomic E-state index is 0.265. The number of hydrogen-bond acceptors (Lipinski definition) is 2. The minimum atomic E-state index is -1.23. The first kappa shape index (κ1) is 18.2. The lowest BCUT2D eigenvalue weighted by atomic mass is 9.76. The highest BCUT2D eigenvalue weighted by Gasteiger charge is 2.42. The van der Waals surface area contributed by atoms with Gasteiger partial charge < -0.3 is 5.11 Å². The van der Waals surface area contributed by atoms with Crippen LogP contribution in [0.1, 0.15) is 52.0 Å². The fourth-order valence-corrected chi connectivity index (χ4v) is 3.95. The first-order chi connectivity index (χ1) is 10.1. The SMILES string of the molecule is CC(C)(C)[S@@](=O)N[C@H]1CCCC[C@@]1(O)c1ccc(Cl)c(Cl)c1. The van der Waals surface area contributed by atoms with Gasteiger partial charge >= 0.3 is 0 Å². The first-order valence-corrected chi connectivity index (χ1v) is 9.41. The molecule has 1 aromatic rings. The zero-order chi connectivity index (χ0) is 16.5. The second kappa shape index (κ2) is 6.78. The van der Waals surface area contributed by atoms with Crippen molar-refractivity contribution in [3.8, 4) is 0 Å². The molecule has 0 heterocycles. The molecule has 1 aliphatic carbocycles. The molecule has 0 aliphatic heterocycles. The molecule has 124 valence electrons. The molecule has 0 saturated heterocycles. The van der Waals surface area contributed by atoms with Crippen molar-refractivity contribution in [2.24, 2.45) is 0 Å². The van der Waals surface area contributed by atoms with E-state index in [9.17, 15) is 9.32 Å². The van der Waals surface area contributed by atoms with Crippen LogP contribution in [0.15, 0.2) is 18.2 Å². The highest BCUT2D eigenvalue weighted by molar-refractivity contribution is 7.84. The third-order valence-electron chi connectivity index (χ3n) is 4.10. The van der Waals surface area contributed by atoms with E-state index in [0.29, 0.717) is 16.5 Å². The van der Waals surface area contributed by atoms with Crippen LogP contribution in [0.2, 0.25) is 10.0 Å². The van der Waals surface area contributed by atoms with Gasteiger partial charge in [-0.05, 0) is 51.3 Å². The molecule has 3 atom stereocenters. The second-order valence-corrected chi connectivity index (χ2v) is 9.66. The van der Waals surface area contributed by atoms with Gasteiger partial charge in [-0.25, -0.2) is 8.93 Å². The summed E-state index contributed by atoms with van der Waals surface area (Å²) < 4.78 is 15.2. The van der Waals surface area contributed by atoms with Crippen LogP contribution in [-0.2, 0) is 16.6 Å². The highest BCUT2D eigenvalue weighted by Crippen LogP contribution is 2.39.